The molecule has 108 valence electrons. The van der Waals surface area contributed by atoms with Crippen LogP contribution in [0.15, 0.2) is 21.2 Å². The minimum Gasteiger partial charge on any atom is -0.309 e. The Bertz CT molecular complexity index is 547. The van der Waals surface area contributed by atoms with Gasteiger partial charge in [0.15, 0.2) is 0 Å². The van der Waals surface area contributed by atoms with Crippen LogP contribution >= 0.6 is 31.9 Å². The number of rotatable bonds is 6. The van der Waals surface area contributed by atoms with E-state index in [2.05, 4.69) is 46.9 Å². The maximum atomic E-state index is 11.2. The van der Waals surface area contributed by atoms with Crippen LogP contribution in [-0.4, -0.2) is 31.7 Å². The van der Waals surface area contributed by atoms with Crippen LogP contribution in [0.2, 0.25) is 0 Å². The summed E-state index contributed by atoms with van der Waals surface area (Å²) in [6.07, 6.45) is 2.88. The quantitative estimate of drug-likeness (QED) is 0.746. The minimum absolute atomic E-state index is 0.504. The van der Waals surface area contributed by atoms with Gasteiger partial charge in [-0.3, -0.25) is 4.98 Å². The standard InChI is InChI=1S/C11H17Br2N3O2S/c1-11(2,16-19(3,17)18)7-14-6-10-9(13)4-8(12)5-15-10/h4-5,14,16H,6-7H2,1-3H3. The van der Waals surface area contributed by atoms with Gasteiger partial charge in [-0.05, 0) is 51.8 Å². The molecule has 0 spiro atoms. The Morgan fingerprint density at radius 3 is 2.53 bits per heavy atom. The number of pyridine rings is 1. The monoisotopic (exact) mass is 413 g/mol. The normalized spacial score (nSPS) is 12.7. The highest BCUT2D eigenvalue weighted by molar-refractivity contribution is 9.11. The second kappa shape index (κ2) is 6.62. The molecule has 1 heterocycles. The number of sulfonamides is 1. The van der Waals surface area contributed by atoms with Gasteiger partial charge < -0.3 is 5.32 Å². The third kappa shape index (κ3) is 6.80. The van der Waals surface area contributed by atoms with Crippen molar-refractivity contribution in [2.45, 2.75) is 25.9 Å². The summed E-state index contributed by atoms with van der Waals surface area (Å²) in [5, 5.41) is 3.19. The number of hydrogen-bond donors (Lipinski definition) is 2. The molecule has 0 aromatic carbocycles. The summed E-state index contributed by atoms with van der Waals surface area (Å²) >= 11 is 6.77. The van der Waals surface area contributed by atoms with Crippen LogP contribution in [0.3, 0.4) is 0 Å². The second-order valence-corrected chi connectivity index (χ2v) is 8.46. The van der Waals surface area contributed by atoms with Crippen molar-refractivity contribution >= 4 is 41.9 Å². The molecule has 1 rings (SSSR count). The minimum atomic E-state index is -3.21. The van der Waals surface area contributed by atoms with Crippen molar-refractivity contribution in [1.82, 2.24) is 15.0 Å². The molecule has 5 nitrogen and oxygen atoms in total. The molecule has 0 aliphatic heterocycles. The molecule has 0 bridgehead atoms. The first-order valence-corrected chi connectivity index (χ1v) is 9.06. The zero-order valence-corrected chi connectivity index (χ0v) is 15.0. The Balaban J connectivity index is 2.54. The van der Waals surface area contributed by atoms with Crippen molar-refractivity contribution in [3.05, 3.63) is 26.9 Å². The summed E-state index contributed by atoms with van der Waals surface area (Å²) in [6.45, 7) is 4.71. The molecule has 0 atom stereocenters. The summed E-state index contributed by atoms with van der Waals surface area (Å²) in [4.78, 5) is 4.28. The van der Waals surface area contributed by atoms with Gasteiger partial charge >= 0.3 is 0 Å². The zero-order valence-electron chi connectivity index (χ0n) is 11.0. The van der Waals surface area contributed by atoms with E-state index in [0.29, 0.717) is 13.1 Å². The van der Waals surface area contributed by atoms with Crippen LogP contribution in [0.5, 0.6) is 0 Å². The molecule has 0 saturated carbocycles. The van der Waals surface area contributed by atoms with Gasteiger partial charge in [-0.2, -0.15) is 0 Å². The van der Waals surface area contributed by atoms with E-state index in [1.54, 1.807) is 6.20 Å². The van der Waals surface area contributed by atoms with Gasteiger partial charge in [0.25, 0.3) is 0 Å². The highest BCUT2D eigenvalue weighted by Gasteiger charge is 2.21. The molecule has 1 aromatic rings. The van der Waals surface area contributed by atoms with E-state index in [0.717, 1.165) is 20.9 Å². The highest BCUT2D eigenvalue weighted by Crippen LogP contribution is 2.19. The molecule has 0 aliphatic carbocycles. The zero-order chi connectivity index (χ0) is 14.7. The Kier molecular flexibility index (Phi) is 5.94. The van der Waals surface area contributed by atoms with Gasteiger partial charge in [0.2, 0.25) is 10.0 Å². The van der Waals surface area contributed by atoms with Gasteiger partial charge in [-0.1, -0.05) is 0 Å². The highest BCUT2D eigenvalue weighted by atomic mass is 79.9. The van der Waals surface area contributed by atoms with Crippen molar-refractivity contribution in [1.29, 1.82) is 0 Å². The second-order valence-electron chi connectivity index (χ2n) is 4.94. The van der Waals surface area contributed by atoms with Crippen LogP contribution < -0.4 is 10.0 Å². The van der Waals surface area contributed by atoms with Crippen molar-refractivity contribution in [2.75, 3.05) is 12.8 Å². The van der Waals surface area contributed by atoms with Gasteiger partial charge in [0, 0.05) is 33.8 Å². The first-order chi connectivity index (χ1) is 8.59. The summed E-state index contributed by atoms with van der Waals surface area (Å²) in [5.74, 6) is 0. The summed E-state index contributed by atoms with van der Waals surface area (Å²) < 4.78 is 26.8. The molecule has 2 N–H and O–H groups in total. The Hall–Kier alpha value is -0.0200. The van der Waals surface area contributed by atoms with E-state index in [1.807, 2.05) is 19.9 Å². The van der Waals surface area contributed by atoms with Crippen molar-refractivity contribution < 1.29 is 8.42 Å². The molecule has 0 fully saturated rings. The number of halogens is 2. The summed E-state index contributed by atoms with van der Waals surface area (Å²) in [6, 6.07) is 1.92. The lowest BCUT2D eigenvalue weighted by atomic mass is 10.1. The van der Waals surface area contributed by atoms with Crippen LogP contribution in [0.1, 0.15) is 19.5 Å². The molecular formula is C11H17Br2N3O2S. The number of hydrogen-bond acceptors (Lipinski definition) is 4. The summed E-state index contributed by atoms with van der Waals surface area (Å²) in [7, 11) is -3.21. The van der Waals surface area contributed by atoms with Crippen molar-refractivity contribution in [3.63, 3.8) is 0 Å². The smallest absolute Gasteiger partial charge is 0.209 e. The largest absolute Gasteiger partial charge is 0.309 e. The lowest BCUT2D eigenvalue weighted by molar-refractivity contribution is 0.419. The van der Waals surface area contributed by atoms with Crippen molar-refractivity contribution in [3.8, 4) is 0 Å². The van der Waals surface area contributed by atoms with E-state index in [9.17, 15) is 8.42 Å². The molecular weight excluding hydrogens is 398 g/mol. The van der Waals surface area contributed by atoms with E-state index in [4.69, 9.17) is 0 Å². The van der Waals surface area contributed by atoms with Crippen LogP contribution in [0.25, 0.3) is 0 Å². The first-order valence-electron chi connectivity index (χ1n) is 5.59. The van der Waals surface area contributed by atoms with Crippen LogP contribution in [0.4, 0.5) is 0 Å². The molecule has 0 unspecified atom stereocenters. The molecule has 0 aliphatic rings. The lowest BCUT2D eigenvalue weighted by Gasteiger charge is -2.25. The maximum absolute atomic E-state index is 11.2. The SMILES string of the molecule is CC(C)(CNCc1ncc(Br)cc1Br)NS(C)(=O)=O. The average Bonchev–Trinajstić information content (AvgIpc) is 2.17. The van der Waals surface area contributed by atoms with Crippen molar-refractivity contribution in [2.24, 2.45) is 0 Å². The number of nitrogens with zero attached hydrogens (tertiary/aromatic N) is 1. The van der Waals surface area contributed by atoms with Crippen LogP contribution in [0, 0.1) is 0 Å². The molecule has 1 aromatic heterocycles. The molecule has 0 radical (unpaired) electrons. The number of nitrogens with one attached hydrogen (secondary N) is 2. The van der Waals surface area contributed by atoms with Gasteiger partial charge in [-0.15, -0.1) is 0 Å². The third-order valence-electron chi connectivity index (χ3n) is 2.21. The average molecular weight is 415 g/mol. The topological polar surface area (TPSA) is 71.1 Å². The third-order valence-corrected chi connectivity index (χ3v) is 4.25. The Labute approximate surface area is 130 Å². The molecule has 0 saturated heterocycles. The van der Waals surface area contributed by atoms with E-state index in [-0.39, 0.29) is 0 Å². The Morgan fingerprint density at radius 1 is 1.37 bits per heavy atom. The predicted octanol–water partition coefficient (Wildman–Crippen LogP) is 2.02. The fraction of sp³-hybridized carbons (Fsp3) is 0.545. The van der Waals surface area contributed by atoms with E-state index in [1.165, 1.54) is 0 Å². The van der Waals surface area contributed by atoms with Crippen LogP contribution in [-0.2, 0) is 16.6 Å². The summed E-state index contributed by atoms with van der Waals surface area (Å²) in [5.41, 5.74) is 0.327. The van der Waals surface area contributed by atoms with E-state index < -0.39 is 15.6 Å². The van der Waals surface area contributed by atoms with Gasteiger partial charge in [-0.25, -0.2) is 13.1 Å². The van der Waals surface area contributed by atoms with Gasteiger partial charge in [0.05, 0.1) is 11.9 Å². The maximum Gasteiger partial charge on any atom is 0.209 e. The fourth-order valence-corrected chi connectivity index (χ4v) is 3.81. The lowest BCUT2D eigenvalue weighted by Crippen LogP contribution is -2.49. The first kappa shape index (κ1) is 17.0. The van der Waals surface area contributed by atoms with Gasteiger partial charge in [0.1, 0.15) is 0 Å². The van der Waals surface area contributed by atoms with E-state index >= 15 is 0 Å². The Morgan fingerprint density at radius 2 is 2.00 bits per heavy atom. The number of aromatic nitrogens is 1. The fourth-order valence-electron chi connectivity index (χ4n) is 1.60. The molecule has 8 heteroatoms. The molecule has 19 heavy (non-hydrogen) atoms. The predicted molar refractivity (Wildman–Crippen MR) is 83.4 cm³/mol. The molecule has 0 amide bonds.